The number of hydrogen-bond acceptors (Lipinski definition) is 3. The maximum Gasteiger partial charge on any atom is 0.433 e. The predicted molar refractivity (Wildman–Crippen MR) is 64.9 cm³/mol. The van der Waals surface area contributed by atoms with E-state index in [-0.39, 0.29) is 17.5 Å². The molecule has 1 aliphatic rings. The van der Waals surface area contributed by atoms with Crippen LogP contribution >= 0.6 is 0 Å². The lowest BCUT2D eigenvalue weighted by Gasteiger charge is -2.08. The van der Waals surface area contributed by atoms with Gasteiger partial charge in [-0.05, 0) is 18.9 Å². The summed E-state index contributed by atoms with van der Waals surface area (Å²) in [7, 11) is 0. The van der Waals surface area contributed by atoms with Crippen LogP contribution in [0.15, 0.2) is 18.5 Å². The van der Waals surface area contributed by atoms with Crippen LogP contribution in [0.3, 0.4) is 0 Å². The number of halogens is 4. The topological polar surface area (TPSA) is 43.6 Å². The molecular formula is C13H12F4N4. The van der Waals surface area contributed by atoms with E-state index in [1.165, 1.54) is 4.68 Å². The first-order valence-corrected chi connectivity index (χ1v) is 6.40. The Kier molecular flexibility index (Phi) is 3.00. The molecule has 3 rings (SSSR count). The molecule has 0 atom stereocenters. The van der Waals surface area contributed by atoms with Crippen LogP contribution in [0.4, 0.5) is 17.6 Å². The Balaban J connectivity index is 1.85. The van der Waals surface area contributed by atoms with Crippen molar-refractivity contribution in [3.8, 4) is 0 Å². The van der Waals surface area contributed by atoms with Crippen molar-refractivity contribution >= 4 is 0 Å². The molecule has 0 spiro atoms. The number of pyridine rings is 1. The summed E-state index contributed by atoms with van der Waals surface area (Å²) in [5.74, 6) is -0.794. The maximum absolute atomic E-state index is 13.6. The SMILES string of the molecule is CC1(c2cn(Cc3cc(C(F)(F)F)ncc3F)nn2)CC1. The lowest BCUT2D eigenvalue weighted by molar-refractivity contribution is -0.141. The van der Waals surface area contributed by atoms with E-state index in [9.17, 15) is 17.6 Å². The molecule has 0 aliphatic heterocycles. The summed E-state index contributed by atoms with van der Waals surface area (Å²) < 4.78 is 52.7. The van der Waals surface area contributed by atoms with Crippen molar-refractivity contribution in [1.82, 2.24) is 20.0 Å². The van der Waals surface area contributed by atoms with E-state index in [0.29, 0.717) is 12.3 Å². The van der Waals surface area contributed by atoms with Gasteiger partial charge in [0.25, 0.3) is 0 Å². The second-order valence-corrected chi connectivity index (χ2v) is 5.52. The molecule has 0 bridgehead atoms. The van der Waals surface area contributed by atoms with Gasteiger partial charge in [-0.2, -0.15) is 13.2 Å². The van der Waals surface area contributed by atoms with Crippen LogP contribution in [0, 0.1) is 5.82 Å². The number of hydrogen-bond donors (Lipinski definition) is 0. The summed E-state index contributed by atoms with van der Waals surface area (Å²) in [4.78, 5) is 3.06. The summed E-state index contributed by atoms with van der Waals surface area (Å²) in [6.07, 6.45) is -0.350. The number of nitrogens with zero attached hydrogens (tertiary/aromatic N) is 4. The Bertz CT molecular complexity index is 673. The zero-order valence-corrected chi connectivity index (χ0v) is 11.2. The lowest BCUT2D eigenvalue weighted by Crippen LogP contribution is -2.11. The van der Waals surface area contributed by atoms with Crippen molar-refractivity contribution in [2.75, 3.05) is 0 Å². The highest BCUT2D eigenvalue weighted by Crippen LogP contribution is 2.46. The van der Waals surface area contributed by atoms with Crippen LogP contribution in [-0.2, 0) is 18.1 Å². The molecule has 0 unspecified atom stereocenters. The highest BCUT2D eigenvalue weighted by molar-refractivity contribution is 5.22. The van der Waals surface area contributed by atoms with Gasteiger partial charge in [0.15, 0.2) is 0 Å². The largest absolute Gasteiger partial charge is 0.433 e. The van der Waals surface area contributed by atoms with E-state index in [1.54, 1.807) is 6.20 Å². The van der Waals surface area contributed by atoms with Crippen molar-refractivity contribution in [3.63, 3.8) is 0 Å². The molecule has 8 heteroatoms. The van der Waals surface area contributed by atoms with Gasteiger partial charge in [-0.15, -0.1) is 5.10 Å². The van der Waals surface area contributed by atoms with Gasteiger partial charge in [0.2, 0.25) is 0 Å². The molecule has 112 valence electrons. The zero-order chi connectivity index (χ0) is 15.3. The lowest BCUT2D eigenvalue weighted by atomic mass is 10.1. The molecular weight excluding hydrogens is 288 g/mol. The average molecular weight is 300 g/mol. The third kappa shape index (κ3) is 2.74. The van der Waals surface area contributed by atoms with Crippen molar-refractivity contribution in [3.05, 3.63) is 41.2 Å². The molecule has 1 fully saturated rings. The van der Waals surface area contributed by atoms with E-state index in [1.807, 2.05) is 6.92 Å². The Labute approximate surface area is 117 Å². The summed E-state index contributed by atoms with van der Waals surface area (Å²) in [6, 6.07) is 0.704. The average Bonchev–Trinajstić information content (AvgIpc) is 2.97. The summed E-state index contributed by atoms with van der Waals surface area (Å²) in [6.45, 7) is 1.93. The van der Waals surface area contributed by atoms with Gasteiger partial charge in [0.1, 0.15) is 11.5 Å². The monoisotopic (exact) mass is 300 g/mol. The first kappa shape index (κ1) is 14.0. The van der Waals surface area contributed by atoms with Crippen molar-refractivity contribution in [2.45, 2.75) is 37.9 Å². The minimum atomic E-state index is -4.60. The molecule has 2 aromatic heterocycles. The summed E-state index contributed by atoms with van der Waals surface area (Å²) in [5, 5.41) is 7.85. The minimum Gasteiger partial charge on any atom is -0.249 e. The molecule has 1 aliphatic carbocycles. The maximum atomic E-state index is 13.6. The summed E-state index contributed by atoms with van der Waals surface area (Å²) in [5.41, 5.74) is -0.442. The van der Waals surface area contributed by atoms with Crippen molar-refractivity contribution < 1.29 is 17.6 Å². The summed E-state index contributed by atoms with van der Waals surface area (Å²) >= 11 is 0. The third-order valence-electron chi connectivity index (χ3n) is 3.71. The van der Waals surface area contributed by atoms with Gasteiger partial charge in [-0.3, -0.25) is 0 Å². The van der Waals surface area contributed by atoms with Crippen LogP contribution < -0.4 is 0 Å². The van der Waals surface area contributed by atoms with Gasteiger partial charge >= 0.3 is 6.18 Å². The fraction of sp³-hybridized carbons (Fsp3) is 0.462. The smallest absolute Gasteiger partial charge is 0.249 e. The van der Waals surface area contributed by atoms with Crippen LogP contribution in [0.25, 0.3) is 0 Å². The van der Waals surface area contributed by atoms with Crippen LogP contribution in [0.5, 0.6) is 0 Å². The molecule has 2 heterocycles. The van der Waals surface area contributed by atoms with Gasteiger partial charge in [0.05, 0.1) is 18.4 Å². The van der Waals surface area contributed by atoms with Crippen molar-refractivity contribution in [1.29, 1.82) is 0 Å². The molecule has 4 nitrogen and oxygen atoms in total. The molecule has 0 amide bonds. The van der Waals surface area contributed by atoms with Gasteiger partial charge in [-0.25, -0.2) is 14.1 Å². The van der Waals surface area contributed by atoms with Crippen LogP contribution in [-0.4, -0.2) is 20.0 Å². The highest BCUT2D eigenvalue weighted by Gasteiger charge is 2.41. The van der Waals surface area contributed by atoms with Gasteiger partial charge in [-0.1, -0.05) is 12.1 Å². The zero-order valence-electron chi connectivity index (χ0n) is 11.2. The number of alkyl halides is 3. The Hall–Kier alpha value is -1.99. The molecule has 0 aromatic carbocycles. The van der Waals surface area contributed by atoms with E-state index in [0.717, 1.165) is 18.5 Å². The first-order chi connectivity index (χ1) is 9.78. The standard InChI is InChI=1S/C13H12F4N4/c1-12(2-3-12)11-7-21(20-19-11)6-8-4-10(13(15,16)17)18-5-9(8)14/h4-5,7H,2-3,6H2,1H3. The van der Waals surface area contributed by atoms with Crippen LogP contribution in [0.1, 0.15) is 36.7 Å². The molecule has 2 aromatic rings. The first-order valence-electron chi connectivity index (χ1n) is 6.40. The Morgan fingerprint density at radius 3 is 2.67 bits per heavy atom. The van der Waals surface area contributed by atoms with E-state index >= 15 is 0 Å². The fourth-order valence-electron chi connectivity index (χ4n) is 2.03. The van der Waals surface area contributed by atoms with E-state index < -0.39 is 17.7 Å². The molecule has 0 saturated heterocycles. The second kappa shape index (κ2) is 4.51. The normalized spacial score (nSPS) is 17.0. The Morgan fingerprint density at radius 1 is 1.33 bits per heavy atom. The molecule has 0 N–H and O–H groups in total. The second-order valence-electron chi connectivity index (χ2n) is 5.52. The fourth-order valence-corrected chi connectivity index (χ4v) is 2.03. The van der Waals surface area contributed by atoms with E-state index in [2.05, 4.69) is 15.3 Å². The van der Waals surface area contributed by atoms with E-state index in [4.69, 9.17) is 0 Å². The van der Waals surface area contributed by atoms with Crippen molar-refractivity contribution in [2.24, 2.45) is 0 Å². The molecule has 0 radical (unpaired) electrons. The van der Waals surface area contributed by atoms with Gasteiger partial charge in [0, 0.05) is 17.2 Å². The molecule has 1 saturated carbocycles. The minimum absolute atomic E-state index is 0.00612. The quantitative estimate of drug-likeness (QED) is 0.819. The predicted octanol–water partition coefficient (Wildman–Crippen LogP) is 2.93. The Morgan fingerprint density at radius 2 is 2.05 bits per heavy atom. The van der Waals surface area contributed by atoms with Gasteiger partial charge < -0.3 is 0 Å². The number of rotatable bonds is 3. The van der Waals surface area contributed by atoms with Crippen LogP contribution in [0.2, 0.25) is 0 Å². The third-order valence-corrected chi connectivity index (χ3v) is 3.71. The highest BCUT2D eigenvalue weighted by atomic mass is 19.4. The number of aromatic nitrogens is 4. The molecule has 21 heavy (non-hydrogen) atoms.